The lowest BCUT2D eigenvalue weighted by Gasteiger charge is -2.29. The molecule has 1 unspecified atom stereocenters. The van der Waals surface area contributed by atoms with Crippen LogP contribution in [-0.4, -0.2) is 35.9 Å². The van der Waals surface area contributed by atoms with Gasteiger partial charge in [-0.1, -0.05) is 43.1 Å². The topological polar surface area (TPSA) is 58.6 Å². The fraction of sp³-hybridized carbons (Fsp3) is 0.364. The third kappa shape index (κ3) is 6.99. The summed E-state index contributed by atoms with van der Waals surface area (Å²) in [6.07, 6.45) is 1.78. The van der Waals surface area contributed by atoms with Gasteiger partial charge in [0.25, 0.3) is 5.91 Å². The van der Waals surface area contributed by atoms with E-state index in [9.17, 15) is 14.0 Å². The van der Waals surface area contributed by atoms with Crippen molar-refractivity contribution in [2.75, 3.05) is 13.2 Å². The molecule has 8 heteroatoms. The Hall–Kier alpha value is -2.12. The van der Waals surface area contributed by atoms with Gasteiger partial charge < -0.3 is 15.0 Å². The van der Waals surface area contributed by atoms with Crippen LogP contribution in [0, 0.1) is 5.82 Å². The van der Waals surface area contributed by atoms with Gasteiger partial charge in [0.2, 0.25) is 5.91 Å². The number of hydrogen-bond donors (Lipinski definition) is 1. The predicted octanol–water partition coefficient (Wildman–Crippen LogP) is 4.95. The Bertz CT molecular complexity index is 881. The number of halogens is 3. The first-order valence-corrected chi connectivity index (χ1v) is 10.9. The molecule has 0 aromatic heterocycles. The molecule has 2 aromatic rings. The van der Waals surface area contributed by atoms with Crippen molar-refractivity contribution in [3.8, 4) is 5.75 Å². The molecule has 0 saturated heterocycles. The van der Waals surface area contributed by atoms with Gasteiger partial charge in [-0.15, -0.1) is 0 Å². The Labute approximate surface area is 189 Å². The Morgan fingerprint density at radius 3 is 2.67 bits per heavy atom. The summed E-state index contributed by atoms with van der Waals surface area (Å²) in [6.45, 7) is 3.82. The van der Waals surface area contributed by atoms with E-state index in [0.717, 1.165) is 12.8 Å². The van der Waals surface area contributed by atoms with Crippen molar-refractivity contribution in [2.45, 2.75) is 39.3 Å². The van der Waals surface area contributed by atoms with E-state index in [1.165, 1.54) is 11.0 Å². The van der Waals surface area contributed by atoms with Crippen molar-refractivity contribution in [1.82, 2.24) is 10.2 Å². The van der Waals surface area contributed by atoms with E-state index in [1.807, 2.05) is 6.92 Å². The van der Waals surface area contributed by atoms with Crippen LogP contribution in [0.4, 0.5) is 4.39 Å². The zero-order chi connectivity index (χ0) is 22.1. The summed E-state index contributed by atoms with van der Waals surface area (Å²) >= 11 is 9.26. The van der Waals surface area contributed by atoms with Crippen LogP contribution in [0.25, 0.3) is 0 Å². The third-order valence-corrected chi connectivity index (χ3v) is 5.40. The highest BCUT2D eigenvalue weighted by molar-refractivity contribution is 9.10. The van der Waals surface area contributed by atoms with E-state index in [-0.39, 0.29) is 19.1 Å². The minimum absolute atomic E-state index is 0.0426. The summed E-state index contributed by atoms with van der Waals surface area (Å²) in [5.74, 6) is -0.715. The van der Waals surface area contributed by atoms with E-state index >= 15 is 0 Å². The van der Waals surface area contributed by atoms with Crippen LogP contribution in [0.1, 0.15) is 32.3 Å². The number of rotatable bonds is 10. The molecule has 5 nitrogen and oxygen atoms in total. The maximum Gasteiger partial charge on any atom is 0.261 e. The molecule has 0 bridgehead atoms. The molecule has 0 aliphatic heterocycles. The number of nitrogens with zero attached hydrogens (tertiary/aromatic N) is 1. The lowest BCUT2D eigenvalue weighted by Crippen LogP contribution is -2.49. The molecule has 162 valence electrons. The van der Waals surface area contributed by atoms with Gasteiger partial charge >= 0.3 is 0 Å². The summed E-state index contributed by atoms with van der Waals surface area (Å²) in [5, 5.41) is 3.35. The highest BCUT2D eigenvalue weighted by Crippen LogP contribution is 2.28. The molecule has 0 radical (unpaired) electrons. The second kappa shape index (κ2) is 11.9. The Morgan fingerprint density at radius 1 is 1.27 bits per heavy atom. The van der Waals surface area contributed by atoms with Crippen LogP contribution in [0.3, 0.4) is 0 Å². The van der Waals surface area contributed by atoms with Gasteiger partial charge in [-0.2, -0.15) is 0 Å². The first-order valence-electron chi connectivity index (χ1n) is 9.72. The number of unbranched alkanes of at least 4 members (excludes halogenated alkanes) is 1. The van der Waals surface area contributed by atoms with E-state index in [4.69, 9.17) is 16.3 Å². The summed E-state index contributed by atoms with van der Waals surface area (Å²) in [5.41, 5.74) is 0.326. The monoisotopic (exact) mass is 498 g/mol. The standard InChI is InChI=1S/C22H25BrClFN2O3/c1-3-4-11-26-22(29)15(2)27(13-16-7-5-6-8-19(16)25)21(28)14-30-20-10-9-17(24)12-18(20)23/h5-10,12,15H,3-4,11,13-14H2,1-2H3,(H,26,29). The average Bonchev–Trinajstić information content (AvgIpc) is 2.72. The summed E-state index contributed by atoms with van der Waals surface area (Å²) in [4.78, 5) is 26.8. The SMILES string of the molecule is CCCCNC(=O)C(C)N(Cc1ccccc1F)C(=O)COc1ccc(Cl)cc1Br. The van der Waals surface area contributed by atoms with Crippen molar-refractivity contribution in [2.24, 2.45) is 0 Å². The summed E-state index contributed by atoms with van der Waals surface area (Å²) < 4.78 is 20.4. The maximum atomic E-state index is 14.2. The molecular formula is C22H25BrClFN2O3. The van der Waals surface area contributed by atoms with Crippen molar-refractivity contribution in [3.05, 3.63) is 63.3 Å². The van der Waals surface area contributed by atoms with Crippen molar-refractivity contribution < 1.29 is 18.7 Å². The molecular weight excluding hydrogens is 475 g/mol. The predicted molar refractivity (Wildman–Crippen MR) is 119 cm³/mol. The fourth-order valence-electron chi connectivity index (χ4n) is 2.74. The van der Waals surface area contributed by atoms with Crippen LogP contribution < -0.4 is 10.1 Å². The number of carbonyl (C=O) groups is 2. The lowest BCUT2D eigenvalue weighted by atomic mass is 10.1. The number of hydrogen-bond acceptors (Lipinski definition) is 3. The normalized spacial score (nSPS) is 11.6. The second-order valence-corrected chi connectivity index (χ2v) is 8.09. The third-order valence-electron chi connectivity index (χ3n) is 4.54. The quantitative estimate of drug-likeness (QED) is 0.470. The molecule has 0 aliphatic carbocycles. The zero-order valence-electron chi connectivity index (χ0n) is 17.0. The molecule has 0 aliphatic rings. The smallest absolute Gasteiger partial charge is 0.261 e. The lowest BCUT2D eigenvalue weighted by molar-refractivity contribution is -0.142. The van der Waals surface area contributed by atoms with E-state index in [1.54, 1.807) is 43.3 Å². The minimum atomic E-state index is -0.786. The molecule has 2 rings (SSSR count). The van der Waals surface area contributed by atoms with Gasteiger partial charge in [0.15, 0.2) is 6.61 Å². The molecule has 2 aromatic carbocycles. The van der Waals surface area contributed by atoms with Gasteiger partial charge in [-0.05, 0) is 53.5 Å². The Balaban J connectivity index is 2.15. The van der Waals surface area contributed by atoms with Gasteiger partial charge in [-0.3, -0.25) is 9.59 Å². The molecule has 30 heavy (non-hydrogen) atoms. The summed E-state index contributed by atoms with van der Waals surface area (Å²) in [7, 11) is 0. The Kier molecular flexibility index (Phi) is 9.59. The van der Waals surface area contributed by atoms with Crippen LogP contribution >= 0.6 is 27.5 Å². The number of carbonyl (C=O) groups excluding carboxylic acids is 2. The van der Waals surface area contributed by atoms with Crippen LogP contribution in [0.2, 0.25) is 5.02 Å². The highest BCUT2D eigenvalue weighted by atomic mass is 79.9. The fourth-order valence-corrected chi connectivity index (χ4v) is 3.54. The molecule has 1 N–H and O–H groups in total. The van der Waals surface area contributed by atoms with Crippen molar-refractivity contribution >= 4 is 39.3 Å². The molecule has 0 heterocycles. The first-order chi connectivity index (χ1) is 14.3. The molecule has 1 atom stereocenters. The molecule has 0 fully saturated rings. The zero-order valence-corrected chi connectivity index (χ0v) is 19.3. The van der Waals surface area contributed by atoms with Gasteiger partial charge in [0.05, 0.1) is 4.47 Å². The Morgan fingerprint density at radius 2 is 2.00 bits per heavy atom. The average molecular weight is 500 g/mol. The molecule has 2 amide bonds. The summed E-state index contributed by atoms with van der Waals surface area (Å²) in [6, 6.07) is 10.3. The second-order valence-electron chi connectivity index (χ2n) is 6.80. The number of benzene rings is 2. The maximum absolute atomic E-state index is 14.2. The van der Waals surface area contributed by atoms with Crippen molar-refractivity contribution in [1.29, 1.82) is 0 Å². The van der Waals surface area contributed by atoms with E-state index in [0.29, 0.717) is 27.4 Å². The van der Waals surface area contributed by atoms with Crippen LogP contribution in [0.15, 0.2) is 46.9 Å². The minimum Gasteiger partial charge on any atom is -0.483 e. The number of amides is 2. The van der Waals surface area contributed by atoms with E-state index < -0.39 is 17.8 Å². The van der Waals surface area contributed by atoms with Gasteiger partial charge in [-0.25, -0.2) is 4.39 Å². The first kappa shape index (κ1) is 24.2. The van der Waals surface area contributed by atoms with E-state index in [2.05, 4.69) is 21.2 Å². The van der Waals surface area contributed by atoms with Gasteiger partial charge in [0, 0.05) is 23.7 Å². The van der Waals surface area contributed by atoms with Gasteiger partial charge in [0.1, 0.15) is 17.6 Å². The van der Waals surface area contributed by atoms with Crippen LogP contribution in [0.5, 0.6) is 5.75 Å². The number of nitrogens with one attached hydrogen (secondary N) is 1. The van der Waals surface area contributed by atoms with Crippen LogP contribution in [-0.2, 0) is 16.1 Å². The largest absolute Gasteiger partial charge is 0.483 e. The molecule has 0 saturated carbocycles. The number of ether oxygens (including phenoxy) is 1. The van der Waals surface area contributed by atoms with Crippen molar-refractivity contribution in [3.63, 3.8) is 0 Å². The molecule has 0 spiro atoms. The highest BCUT2D eigenvalue weighted by Gasteiger charge is 2.27.